The number of nitriles is 1. The molecule has 1 aliphatic carbocycles. The van der Waals surface area contributed by atoms with E-state index in [1.54, 1.807) is 6.20 Å². The van der Waals surface area contributed by atoms with Crippen LogP contribution in [0.1, 0.15) is 18.5 Å². The van der Waals surface area contributed by atoms with Gasteiger partial charge < -0.3 is 0 Å². The predicted octanol–water partition coefficient (Wildman–Crippen LogP) is 2.23. The maximum absolute atomic E-state index is 9.08. The van der Waals surface area contributed by atoms with Gasteiger partial charge in [0.15, 0.2) is 0 Å². The van der Waals surface area contributed by atoms with E-state index in [2.05, 4.69) is 16.2 Å². The van der Waals surface area contributed by atoms with Gasteiger partial charge in [0.2, 0.25) is 0 Å². The summed E-state index contributed by atoms with van der Waals surface area (Å²) in [5.74, 6) is 0.707. The third-order valence-electron chi connectivity index (χ3n) is 2.95. The molecule has 2 aromatic rings. The predicted molar refractivity (Wildman–Crippen MR) is 62.9 cm³/mol. The van der Waals surface area contributed by atoms with Gasteiger partial charge in [-0.1, -0.05) is 6.07 Å². The largest absolute Gasteiger partial charge is 0.255 e. The van der Waals surface area contributed by atoms with E-state index in [9.17, 15) is 0 Å². The van der Waals surface area contributed by atoms with Crippen molar-refractivity contribution < 1.29 is 0 Å². The van der Waals surface area contributed by atoms with E-state index < -0.39 is 0 Å². The molecule has 0 N–H and O–H groups in total. The standard InChI is InChI=1S/C13H12N4/c14-8-11-7-13(12-3-1-2-6-15-12)16-17(11)9-10-4-5-10/h1-3,6-7,10H,4-5,9H2. The average molecular weight is 224 g/mol. The highest BCUT2D eigenvalue weighted by atomic mass is 15.3. The Morgan fingerprint density at radius 3 is 2.88 bits per heavy atom. The summed E-state index contributed by atoms with van der Waals surface area (Å²) in [5.41, 5.74) is 2.22. The van der Waals surface area contributed by atoms with E-state index in [0.717, 1.165) is 17.9 Å². The second-order valence-corrected chi connectivity index (χ2v) is 4.37. The Morgan fingerprint density at radius 2 is 2.24 bits per heavy atom. The summed E-state index contributed by atoms with van der Waals surface area (Å²) in [7, 11) is 0. The fourth-order valence-corrected chi connectivity index (χ4v) is 1.83. The Morgan fingerprint density at radius 1 is 1.35 bits per heavy atom. The van der Waals surface area contributed by atoms with Crippen molar-refractivity contribution in [1.82, 2.24) is 14.8 Å². The number of aromatic nitrogens is 3. The second kappa shape index (κ2) is 4.02. The van der Waals surface area contributed by atoms with Gasteiger partial charge in [0.1, 0.15) is 17.5 Å². The summed E-state index contributed by atoms with van der Waals surface area (Å²) in [4.78, 5) is 4.25. The number of hydrogen-bond acceptors (Lipinski definition) is 3. The molecule has 2 aromatic heterocycles. The molecule has 1 aliphatic rings. The van der Waals surface area contributed by atoms with Crippen molar-refractivity contribution in [2.45, 2.75) is 19.4 Å². The minimum Gasteiger partial charge on any atom is -0.255 e. The second-order valence-electron chi connectivity index (χ2n) is 4.37. The molecule has 0 saturated heterocycles. The molecule has 4 heteroatoms. The number of nitrogens with zero attached hydrogens (tertiary/aromatic N) is 4. The van der Waals surface area contributed by atoms with Crippen LogP contribution in [0.25, 0.3) is 11.4 Å². The van der Waals surface area contributed by atoms with E-state index in [-0.39, 0.29) is 0 Å². The molecule has 1 saturated carbocycles. The van der Waals surface area contributed by atoms with Gasteiger partial charge in [0.05, 0.1) is 5.69 Å². The first-order valence-corrected chi connectivity index (χ1v) is 5.76. The van der Waals surface area contributed by atoms with Crippen molar-refractivity contribution in [2.24, 2.45) is 5.92 Å². The summed E-state index contributed by atoms with van der Waals surface area (Å²) in [6.45, 7) is 0.857. The zero-order valence-electron chi connectivity index (χ0n) is 9.37. The SMILES string of the molecule is N#Cc1cc(-c2ccccn2)nn1CC1CC1. The summed E-state index contributed by atoms with van der Waals surface area (Å²) in [5, 5.41) is 13.5. The summed E-state index contributed by atoms with van der Waals surface area (Å²) >= 11 is 0. The Hall–Kier alpha value is -2.15. The zero-order chi connectivity index (χ0) is 11.7. The van der Waals surface area contributed by atoms with Gasteiger partial charge in [0, 0.05) is 18.8 Å². The summed E-state index contributed by atoms with van der Waals surface area (Å²) in [6, 6.07) is 9.71. The minimum absolute atomic E-state index is 0.623. The molecule has 0 amide bonds. The molecule has 3 rings (SSSR count). The number of hydrogen-bond donors (Lipinski definition) is 0. The molecule has 84 valence electrons. The van der Waals surface area contributed by atoms with Crippen molar-refractivity contribution in [2.75, 3.05) is 0 Å². The molecule has 0 bridgehead atoms. The van der Waals surface area contributed by atoms with Crippen LogP contribution >= 0.6 is 0 Å². The maximum atomic E-state index is 9.08. The normalized spacial score (nSPS) is 14.5. The quantitative estimate of drug-likeness (QED) is 0.803. The molecule has 2 heterocycles. The van der Waals surface area contributed by atoms with Gasteiger partial charge in [-0.05, 0) is 30.9 Å². The van der Waals surface area contributed by atoms with Gasteiger partial charge in [-0.2, -0.15) is 10.4 Å². The van der Waals surface area contributed by atoms with E-state index in [1.807, 2.05) is 28.9 Å². The molecule has 0 unspecified atom stereocenters. The van der Waals surface area contributed by atoms with Gasteiger partial charge in [0.25, 0.3) is 0 Å². The van der Waals surface area contributed by atoms with Crippen LogP contribution in [0.15, 0.2) is 30.5 Å². The van der Waals surface area contributed by atoms with Crippen molar-refractivity contribution in [1.29, 1.82) is 5.26 Å². The fraction of sp³-hybridized carbons (Fsp3) is 0.308. The molecule has 4 nitrogen and oxygen atoms in total. The van der Waals surface area contributed by atoms with E-state index >= 15 is 0 Å². The van der Waals surface area contributed by atoms with Gasteiger partial charge in [-0.3, -0.25) is 9.67 Å². The molecule has 0 aliphatic heterocycles. The van der Waals surface area contributed by atoms with E-state index in [1.165, 1.54) is 12.8 Å². The lowest BCUT2D eigenvalue weighted by atomic mass is 10.2. The lowest BCUT2D eigenvalue weighted by Gasteiger charge is -1.99. The Labute approximate surface area is 99.5 Å². The molecule has 0 atom stereocenters. The van der Waals surface area contributed by atoms with E-state index in [4.69, 9.17) is 5.26 Å². The third-order valence-corrected chi connectivity index (χ3v) is 2.95. The van der Waals surface area contributed by atoms with Gasteiger partial charge >= 0.3 is 0 Å². The molecule has 0 radical (unpaired) electrons. The third kappa shape index (κ3) is 2.04. The van der Waals surface area contributed by atoms with Crippen LogP contribution in [0.2, 0.25) is 0 Å². The molecule has 1 fully saturated rings. The van der Waals surface area contributed by atoms with Crippen LogP contribution in [-0.4, -0.2) is 14.8 Å². The summed E-state index contributed by atoms with van der Waals surface area (Å²) < 4.78 is 1.81. The Balaban J connectivity index is 1.96. The van der Waals surface area contributed by atoms with Crippen LogP contribution in [-0.2, 0) is 6.54 Å². The first kappa shape index (κ1) is 10.0. The monoisotopic (exact) mass is 224 g/mol. The van der Waals surface area contributed by atoms with Crippen LogP contribution in [0.3, 0.4) is 0 Å². The van der Waals surface area contributed by atoms with Crippen molar-refractivity contribution in [3.63, 3.8) is 0 Å². The lowest BCUT2D eigenvalue weighted by molar-refractivity contribution is 0.559. The average Bonchev–Trinajstić information content (AvgIpc) is 3.09. The van der Waals surface area contributed by atoms with Crippen LogP contribution in [0, 0.1) is 17.2 Å². The Kier molecular flexibility index (Phi) is 2.37. The van der Waals surface area contributed by atoms with Gasteiger partial charge in [-0.15, -0.1) is 0 Å². The van der Waals surface area contributed by atoms with Crippen molar-refractivity contribution in [3.05, 3.63) is 36.2 Å². The lowest BCUT2D eigenvalue weighted by Crippen LogP contribution is -2.04. The Bertz CT molecular complexity index is 561. The van der Waals surface area contributed by atoms with E-state index in [0.29, 0.717) is 11.6 Å². The van der Waals surface area contributed by atoms with Crippen LogP contribution in [0.5, 0.6) is 0 Å². The highest BCUT2D eigenvalue weighted by Gasteiger charge is 2.23. The van der Waals surface area contributed by atoms with Crippen molar-refractivity contribution in [3.8, 4) is 17.5 Å². The zero-order valence-corrected chi connectivity index (χ0v) is 9.37. The maximum Gasteiger partial charge on any atom is 0.139 e. The van der Waals surface area contributed by atoms with Crippen LogP contribution < -0.4 is 0 Å². The smallest absolute Gasteiger partial charge is 0.139 e. The first-order valence-electron chi connectivity index (χ1n) is 5.76. The van der Waals surface area contributed by atoms with Crippen molar-refractivity contribution >= 4 is 0 Å². The number of pyridine rings is 1. The first-order chi connectivity index (χ1) is 8.36. The highest BCUT2D eigenvalue weighted by molar-refractivity contribution is 5.55. The molecule has 0 spiro atoms. The fourth-order valence-electron chi connectivity index (χ4n) is 1.83. The van der Waals surface area contributed by atoms with Crippen LogP contribution in [0.4, 0.5) is 0 Å². The number of rotatable bonds is 3. The van der Waals surface area contributed by atoms with Gasteiger partial charge in [-0.25, -0.2) is 0 Å². The molecular formula is C13H12N4. The highest BCUT2D eigenvalue weighted by Crippen LogP contribution is 2.31. The molecular weight excluding hydrogens is 212 g/mol. The summed E-state index contributed by atoms with van der Waals surface area (Å²) in [6.07, 6.45) is 4.24. The molecule has 0 aromatic carbocycles. The topological polar surface area (TPSA) is 54.5 Å². The minimum atomic E-state index is 0.623. The molecule has 17 heavy (non-hydrogen) atoms.